The molecule has 5 rings (SSSR count). The van der Waals surface area contributed by atoms with E-state index in [1.165, 1.54) is 30.5 Å². The Morgan fingerprint density at radius 2 is 1.79 bits per heavy atom. The van der Waals surface area contributed by atoms with E-state index in [9.17, 15) is 17.6 Å². The van der Waals surface area contributed by atoms with Gasteiger partial charge in [0.1, 0.15) is 5.82 Å². The number of anilines is 1. The van der Waals surface area contributed by atoms with Crippen LogP contribution in [0.1, 0.15) is 36.8 Å². The fourth-order valence-electron chi connectivity index (χ4n) is 4.24. The summed E-state index contributed by atoms with van der Waals surface area (Å²) in [5.74, 6) is -0.383. The van der Waals surface area contributed by atoms with Crippen molar-refractivity contribution in [1.82, 2.24) is 15.1 Å². The van der Waals surface area contributed by atoms with Crippen LogP contribution in [0.4, 0.5) is 10.1 Å². The molecule has 4 aromatic rings. The molecule has 1 fully saturated rings. The normalized spacial score (nSPS) is 14.3. The lowest BCUT2D eigenvalue weighted by Gasteiger charge is -2.17. The minimum absolute atomic E-state index is 0.0379. The number of benzene rings is 2. The zero-order chi connectivity index (χ0) is 27.9. The summed E-state index contributed by atoms with van der Waals surface area (Å²) in [6.07, 6.45) is 2.50. The molecule has 1 amide bonds. The molecule has 0 radical (unpaired) electrons. The Labute approximate surface area is 238 Å². The van der Waals surface area contributed by atoms with Gasteiger partial charge in [-0.1, -0.05) is 46.9 Å². The van der Waals surface area contributed by atoms with E-state index in [1.807, 2.05) is 0 Å². The van der Waals surface area contributed by atoms with Crippen molar-refractivity contribution in [3.05, 3.63) is 86.6 Å². The minimum Gasteiger partial charge on any atom is -0.334 e. The van der Waals surface area contributed by atoms with E-state index < -0.39 is 21.1 Å². The summed E-state index contributed by atoms with van der Waals surface area (Å²) >= 11 is 19.4. The lowest BCUT2D eigenvalue weighted by atomic mass is 9.94. The highest BCUT2D eigenvalue weighted by Gasteiger charge is 2.52. The van der Waals surface area contributed by atoms with Crippen molar-refractivity contribution < 1.29 is 22.1 Å². The molecule has 2 heterocycles. The van der Waals surface area contributed by atoms with E-state index in [4.69, 9.17) is 39.3 Å². The van der Waals surface area contributed by atoms with Crippen LogP contribution >= 0.6 is 34.8 Å². The monoisotopic (exact) mass is 608 g/mol. The minimum atomic E-state index is -3.38. The molecular formula is C26H20Cl3FN4O4S. The predicted octanol–water partition coefficient (Wildman–Crippen LogP) is 6.29. The average Bonchev–Trinajstić information content (AvgIpc) is 3.51. The van der Waals surface area contributed by atoms with Crippen molar-refractivity contribution in [2.45, 2.75) is 36.5 Å². The standard InChI is InChI=1S/C26H20Cl3FN4O4S/c1-2-39(36,37)17-5-4-15(31-13-17)12-22(35)32-16-10-20(28)23(21(29)11-16)26(7-8-26)25-33-24(38-34-25)18-6-3-14(30)9-19(18)27/h3-6,9-11,13H,2,7-8,12H2,1H3,(H,32,35). The van der Waals surface area contributed by atoms with Crippen molar-refractivity contribution in [2.24, 2.45) is 0 Å². The molecule has 1 saturated carbocycles. The molecule has 8 nitrogen and oxygen atoms in total. The molecule has 0 atom stereocenters. The molecule has 1 aliphatic rings. The first-order valence-corrected chi connectivity index (χ1v) is 14.6. The van der Waals surface area contributed by atoms with Gasteiger partial charge in [-0.3, -0.25) is 9.78 Å². The van der Waals surface area contributed by atoms with Gasteiger partial charge in [0.15, 0.2) is 15.7 Å². The zero-order valence-corrected chi connectivity index (χ0v) is 23.4. The predicted molar refractivity (Wildman–Crippen MR) is 145 cm³/mol. The van der Waals surface area contributed by atoms with E-state index in [2.05, 4.69) is 20.4 Å². The molecule has 2 aromatic heterocycles. The van der Waals surface area contributed by atoms with Gasteiger partial charge in [-0.25, -0.2) is 12.8 Å². The third-order valence-corrected chi connectivity index (χ3v) is 9.08. The van der Waals surface area contributed by atoms with E-state index in [0.717, 1.165) is 6.07 Å². The fraction of sp³-hybridized carbons (Fsp3) is 0.231. The molecule has 0 aliphatic heterocycles. The van der Waals surface area contributed by atoms with Crippen LogP contribution in [0.2, 0.25) is 15.1 Å². The number of aromatic nitrogens is 3. The SMILES string of the molecule is CCS(=O)(=O)c1ccc(CC(=O)Nc2cc(Cl)c(C3(c4noc(-c5ccc(F)cc5Cl)n4)CC3)c(Cl)c2)nc1. The van der Waals surface area contributed by atoms with Gasteiger partial charge in [0.25, 0.3) is 5.89 Å². The highest BCUT2D eigenvalue weighted by molar-refractivity contribution is 7.91. The number of rotatable bonds is 8. The summed E-state index contributed by atoms with van der Waals surface area (Å²) in [4.78, 5) is 21.3. The maximum absolute atomic E-state index is 13.4. The summed E-state index contributed by atoms with van der Waals surface area (Å²) in [6.45, 7) is 1.55. The Hall–Kier alpha value is -3.05. The number of nitrogens with zero attached hydrogens (tertiary/aromatic N) is 3. The number of nitrogens with one attached hydrogen (secondary N) is 1. The number of carbonyl (C=O) groups excluding carboxylic acids is 1. The number of hydrogen-bond donors (Lipinski definition) is 1. The largest absolute Gasteiger partial charge is 0.334 e. The third-order valence-electron chi connectivity index (χ3n) is 6.45. The van der Waals surface area contributed by atoms with Crippen LogP contribution < -0.4 is 5.32 Å². The van der Waals surface area contributed by atoms with Crippen LogP contribution in [0.15, 0.2) is 58.1 Å². The Bertz CT molecular complexity index is 1670. The second-order valence-electron chi connectivity index (χ2n) is 9.06. The maximum atomic E-state index is 13.4. The number of carbonyl (C=O) groups is 1. The third kappa shape index (κ3) is 5.51. The molecule has 0 spiro atoms. The molecule has 13 heteroatoms. The average molecular weight is 610 g/mol. The van der Waals surface area contributed by atoms with Crippen LogP contribution in [0, 0.1) is 5.82 Å². The number of amides is 1. The van der Waals surface area contributed by atoms with Crippen molar-refractivity contribution in [3.8, 4) is 11.5 Å². The van der Waals surface area contributed by atoms with Crippen LogP contribution in [0.25, 0.3) is 11.5 Å². The zero-order valence-electron chi connectivity index (χ0n) is 20.3. The van der Waals surface area contributed by atoms with Gasteiger partial charge >= 0.3 is 0 Å². The van der Waals surface area contributed by atoms with E-state index in [1.54, 1.807) is 19.1 Å². The Kier molecular flexibility index (Phi) is 7.41. The molecule has 202 valence electrons. The van der Waals surface area contributed by atoms with Crippen molar-refractivity contribution in [2.75, 3.05) is 11.1 Å². The molecule has 1 aliphatic carbocycles. The van der Waals surface area contributed by atoms with Gasteiger partial charge in [-0.05, 0) is 55.3 Å². The lowest BCUT2D eigenvalue weighted by molar-refractivity contribution is -0.115. The second kappa shape index (κ2) is 10.5. The maximum Gasteiger partial charge on any atom is 0.259 e. The lowest BCUT2D eigenvalue weighted by Crippen LogP contribution is -2.17. The van der Waals surface area contributed by atoms with Crippen LogP contribution in [-0.4, -0.2) is 35.2 Å². The molecule has 1 N–H and O–H groups in total. The molecule has 2 aromatic carbocycles. The van der Waals surface area contributed by atoms with Gasteiger partial charge < -0.3 is 9.84 Å². The molecule has 0 unspecified atom stereocenters. The van der Waals surface area contributed by atoms with Crippen LogP contribution in [0.3, 0.4) is 0 Å². The Balaban J connectivity index is 1.33. The van der Waals surface area contributed by atoms with E-state index in [-0.39, 0.29) is 33.9 Å². The second-order valence-corrected chi connectivity index (χ2v) is 12.6. The van der Waals surface area contributed by atoms with Gasteiger partial charge in [-0.2, -0.15) is 4.98 Å². The fourth-order valence-corrected chi connectivity index (χ4v) is 6.16. The summed E-state index contributed by atoms with van der Waals surface area (Å²) in [7, 11) is -3.38. The quantitative estimate of drug-likeness (QED) is 0.250. The number of hydrogen-bond acceptors (Lipinski definition) is 7. The summed E-state index contributed by atoms with van der Waals surface area (Å²) < 4.78 is 42.7. The summed E-state index contributed by atoms with van der Waals surface area (Å²) in [5.41, 5.74) is 1.12. The highest BCUT2D eigenvalue weighted by atomic mass is 35.5. The van der Waals surface area contributed by atoms with E-state index >= 15 is 0 Å². The molecule has 0 bridgehead atoms. The van der Waals surface area contributed by atoms with Gasteiger partial charge in [0.2, 0.25) is 5.91 Å². The Morgan fingerprint density at radius 3 is 2.38 bits per heavy atom. The Morgan fingerprint density at radius 1 is 1.08 bits per heavy atom. The summed E-state index contributed by atoms with van der Waals surface area (Å²) in [5, 5.41) is 7.63. The van der Waals surface area contributed by atoms with Gasteiger partial charge in [0.05, 0.1) is 33.1 Å². The number of sulfone groups is 1. The van der Waals surface area contributed by atoms with Crippen LogP contribution in [-0.2, 0) is 26.5 Å². The first-order chi connectivity index (χ1) is 18.5. The van der Waals surface area contributed by atoms with Crippen molar-refractivity contribution in [1.29, 1.82) is 0 Å². The molecule has 0 saturated heterocycles. The van der Waals surface area contributed by atoms with Crippen molar-refractivity contribution >= 4 is 56.2 Å². The summed E-state index contributed by atoms with van der Waals surface area (Å²) in [6, 6.07) is 9.98. The van der Waals surface area contributed by atoms with E-state index in [0.29, 0.717) is 51.2 Å². The van der Waals surface area contributed by atoms with Gasteiger partial charge in [0, 0.05) is 33.2 Å². The first kappa shape index (κ1) is 27.5. The molecule has 39 heavy (non-hydrogen) atoms. The van der Waals surface area contributed by atoms with Gasteiger partial charge in [-0.15, -0.1) is 0 Å². The first-order valence-electron chi connectivity index (χ1n) is 11.8. The smallest absolute Gasteiger partial charge is 0.259 e. The van der Waals surface area contributed by atoms with Crippen molar-refractivity contribution in [3.63, 3.8) is 0 Å². The van der Waals surface area contributed by atoms with Crippen LogP contribution in [0.5, 0.6) is 0 Å². The topological polar surface area (TPSA) is 115 Å². The number of pyridine rings is 1. The highest BCUT2D eigenvalue weighted by Crippen LogP contribution is 2.57. The number of halogens is 4. The molecular weight excluding hydrogens is 590 g/mol.